The molecule has 4 aromatic rings. The highest BCUT2D eigenvalue weighted by molar-refractivity contribution is 5.97. The van der Waals surface area contributed by atoms with Crippen molar-refractivity contribution in [2.24, 2.45) is 7.05 Å². The van der Waals surface area contributed by atoms with Crippen molar-refractivity contribution >= 4 is 27.4 Å². The number of piperidine rings is 1. The zero-order valence-electron chi connectivity index (χ0n) is 17.2. The number of H-pyrrole nitrogens is 1. The summed E-state index contributed by atoms with van der Waals surface area (Å²) in [6.07, 6.45) is 1.35. The van der Waals surface area contributed by atoms with E-state index in [0.717, 1.165) is 38.8 Å². The quantitative estimate of drug-likeness (QED) is 0.519. The lowest BCUT2D eigenvalue weighted by atomic mass is 10.0. The smallest absolute Gasteiger partial charge is 0.255 e. The second kappa shape index (κ2) is 7.04. The molecule has 158 valence electrons. The van der Waals surface area contributed by atoms with Gasteiger partial charge in [0.25, 0.3) is 11.5 Å². The molecule has 5 nitrogen and oxygen atoms in total. The first kappa shape index (κ1) is 19.5. The van der Waals surface area contributed by atoms with Crippen LogP contribution in [0.15, 0.2) is 60.0 Å². The van der Waals surface area contributed by atoms with Gasteiger partial charge in [-0.1, -0.05) is 18.7 Å². The van der Waals surface area contributed by atoms with E-state index in [1.807, 2.05) is 59.1 Å². The Kier molecular flexibility index (Phi) is 4.43. The first-order chi connectivity index (χ1) is 14.8. The van der Waals surface area contributed by atoms with Crippen LogP contribution in [0.25, 0.3) is 38.6 Å². The number of fused-ring (bicyclic) bond motifs is 2. The number of likely N-dealkylation sites (tertiary alicyclic amines) is 1. The number of pyridine rings is 1. The lowest BCUT2D eigenvalue weighted by Crippen LogP contribution is -2.38. The summed E-state index contributed by atoms with van der Waals surface area (Å²) in [5.41, 5.74) is 4.24. The Hall–Kier alpha value is -3.48. The van der Waals surface area contributed by atoms with Gasteiger partial charge in [0.1, 0.15) is 0 Å². The number of halogens is 2. The number of benzene rings is 2. The van der Waals surface area contributed by atoms with Crippen molar-refractivity contribution in [1.29, 1.82) is 0 Å². The Morgan fingerprint density at radius 2 is 1.84 bits per heavy atom. The van der Waals surface area contributed by atoms with Gasteiger partial charge in [-0.15, -0.1) is 0 Å². The van der Waals surface area contributed by atoms with E-state index in [2.05, 4.69) is 16.7 Å². The highest BCUT2D eigenvalue weighted by Gasteiger charge is 2.34. The van der Waals surface area contributed by atoms with Gasteiger partial charge >= 0.3 is 0 Å². The van der Waals surface area contributed by atoms with Crippen LogP contribution in [0, 0.1) is 0 Å². The van der Waals surface area contributed by atoms with Gasteiger partial charge in [-0.05, 0) is 41.3 Å². The molecule has 0 spiro atoms. The molecule has 0 unspecified atom stereocenters. The summed E-state index contributed by atoms with van der Waals surface area (Å²) in [4.78, 5) is 16.6. The van der Waals surface area contributed by atoms with Gasteiger partial charge in [-0.3, -0.25) is 9.48 Å². The zero-order valence-corrected chi connectivity index (χ0v) is 17.2. The number of rotatable bonds is 3. The lowest BCUT2D eigenvalue weighted by Gasteiger charge is -2.34. The Balaban J connectivity index is 1.51. The van der Waals surface area contributed by atoms with Gasteiger partial charge in [-0.2, -0.15) is 5.10 Å². The van der Waals surface area contributed by atoms with Crippen molar-refractivity contribution in [2.75, 3.05) is 13.1 Å². The fourth-order valence-electron chi connectivity index (χ4n) is 4.35. The molecule has 1 saturated heterocycles. The lowest BCUT2D eigenvalue weighted by molar-refractivity contribution is -0.0450. The van der Waals surface area contributed by atoms with Crippen molar-refractivity contribution in [2.45, 2.75) is 18.8 Å². The monoisotopic (exact) mass is 420 g/mol. The molecule has 2 aromatic carbocycles. The molecule has 3 heterocycles. The highest BCUT2D eigenvalue weighted by atomic mass is 19.3. The molecule has 31 heavy (non-hydrogen) atoms. The van der Waals surface area contributed by atoms with Crippen LogP contribution in [-0.2, 0) is 7.05 Å². The largest absolute Gasteiger partial charge is 0.371 e. The molecule has 1 aliphatic heterocycles. The van der Waals surface area contributed by atoms with E-state index in [9.17, 15) is 13.6 Å². The van der Waals surface area contributed by atoms with E-state index < -0.39 is 5.92 Å². The van der Waals surface area contributed by atoms with Gasteiger partial charge in [0.05, 0.1) is 11.2 Å². The van der Waals surface area contributed by atoms with Crippen LogP contribution < -0.4 is 5.56 Å². The molecule has 1 N–H and O–H groups in total. The van der Waals surface area contributed by atoms with E-state index in [-0.39, 0.29) is 18.4 Å². The summed E-state index contributed by atoms with van der Waals surface area (Å²) in [6.45, 7) is 4.75. The van der Waals surface area contributed by atoms with Crippen LogP contribution in [-0.4, -0.2) is 38.7 Å². The maximum atomic E-state index is 13.5. The summed E-state index contributed by atoms with van der Waals surface area (Å²) in [5, 5.41) is 7.15. The van der Waals surface area contributed by atoms with Gasteiger partial charge in [0.15, 0.2) is 0 Å². The normalized spacial score (nSPS) is 16.2. The highest BCUT2D eigenvalue weighted by Crippen LogP contribution is 2.34. The molecule has 5 rings (SSSR count). The summed E-state index contributed by atoms with van der Waals surface area (Å²) in [5.74, 6) is -2.58. The molecule has 0 atom stereocenters. The number of nitrogens with zero attached hydrogens (tertiary/aromatic N) is 3. The van der Waals surface area contributed by atoms with E-state index in [0.29, 0.717) is 18.5 Å². The average Bonchev–Trinajstić information content (AvgIpc) is 3.08. The van der Waals surface area contributed by atoms with E-state index in [1.165, 1.54) is 0 Å². The van der Waals surface area contributed by atoms with Crippen molar-refractivity contribution in [3.63, 3.8) is 0 Å². The van der Waals surface area contributed by atoms with E-state index in [4.69, 9.17) is 0 Å². The van der Waals surface area contributed by atoms with Crippen LogP contribution in [0.4, 0.5) is 8.78 Å². The molecule has 2 aromatic heterocycles. The van der Waals surface area contributed by atoms with Gasteiger partial charge in [-0.25, -0.2) is 8.78 Å². The minimum Gasteiger partial charge on any atom is -0.371 e. The number of aromatic nitrogens is 3. The summed E-state index contributed by atoms with van der Waals surface area (Å²) >= 11 is 0. The first-order valence-electron chi connectivity index (χ1n) is 10.2. The summed E-state index contributed by atoms with van der Waals surface area (Å²) in [7, 11) is 1.89. The minimum atomic E-state index is -2.58. The van der Waals surface area contributed by atoms with Crippen LogP contribution in [0.2, 0.25) is 0 Å². The molecule has 1 fully saturated rings. The number of aromatic amines is 1. The van der Waals surface area contributed by atoms with Gasteiger partial charge < -0.3 is 9.88 Å². The Labute approximate surface area is 177 Å². The van der Waals surface area contributed by atoms with Crippen molar-refractivity contribution < 1.29 is 8.78 Å². The van der Waals surface area contributed by atoms with Crippen LogP contribution in [0.3, 0.4) is 0 Å². The number of hydrogen-bond donors (Lipinski definition) is 1. The van der Waals surface area contributed by atoms with Crippen molar-refractivity contribution in [3.8, 4) is 11.3 Å². The van der Waals surface area contributed by atoms with Gasteiger partial charge in [0.2, 0.25) is 0 Å². The van der Waals surface area contributed by atoms with Crippen LogP contribution in [0.1, 0.15) is 18.4 Å². The average molecular weight is 420 g/mol. The van der Waals surface area contributed by atoms with Crippen molar-refractivity contribution in [3.05, 3.63) is 71.2 Å². The third-order valence-corrected chi connectivity index (χ3v) is 6.09. The second-order valence-electron chi connectivity index (χ2n) is 8.10. The maximum absolute atomic E-state index is 13.5. The number of nitrogens with one attached hydrogen (secondary N) is 1. The minimum absolute atomic E-state index is 0.113. The predicted octanol–water partition coefficient (Wildman–Crippen LogP) is 4.78. The zero-order chi connectivity index (χ0) is 21.8. The topological polar surface area (TPSA) is 53.9 Å². The standard InChI is InChI=1S/C24H22F2N4O/c1-15(30-11-8-24(25,26)9-12-30)16-3-6-20-21(14-16)28-29(2)22(20)18-4-5-19-17(13-18)7-10-27-23(19)31/h3-7,10,13-14H,1,8-9,11-12H2,2H3,(H,27,31). The predicted molar refractivity (Wildman–Crippen MR) is 119 cm³/mol. The number of aryl methyl sites for hydroxylation is 1. The molecular weight excluding hydrogens is 398 g/mol. The maximum Gasteiger partial charge on any atom is 0.255 e. The molecule has 1 aliphatic rings. The Morgan fingerprint density at radius 1 is 1.10 bits per heavy atom. The SMILES string of the molecule is C=C(c1ccc2c(-c3ccc4c(=O)[nH]ccc4c3)n(C)nc2c1)N1CCC(F)(F)CC1. The molecule has 0 amide bonds. The molecule has 0 bridgehead atoms. The van der Waals surface area contributed by atoms with E-state index >= 15 is 0 Å². The third kappa shape index (κ3) is 3.40. The van der Waals surface area contributed by atoms with Gasteiger partial charge in [0, 0.05) is 61.2 Å². The summed E-state index contributed by atoms with van der Waals surface area (Å²) < 4.78 is 28.8. The Bertz CT molecular complexity index is 1380. The number of hydrogen-bond acceptors (Lipinski definition) is 3. The van der Waals surface area contributed by atoms with E-state index in [1.54, 1.807) is 6.20 Å². The molecule has 0 radical (unpaired) electrons. The third-order valence-electron chi connectivity index (χ3n) is 6.09. The fourth-order valence-corrected chi connectivity index (χ4v) is 4.35. The van der Waals surface area contributed by atoms with Crippen LogP contribution in [0.5, 0.6) is 0 Å². The second-order valence-corrected chi connectivity index (χ2v) is 8.10. The molecular formula is C24H22F2N4O. The number of alkyl halides is 2. The van der Waals surface area contributed by atoms with Crippen LogP contribution >= 0.6 is 0 Å². The molecule has 7 heteroatoms. The first-order valence-corrected chi connectivity index (χ1v) is 10.2. The summed E-state index contributed by atoms with van der Waals surface area (Å²) in [6, 6.07) is 13.5. The molecule has 0 saturated carbocycles. The van der Waals surface area contributed by atoms with Crippen molar-refractivity contribution in [1.82, 2.24) is 19.7 Å². The molecule has 0 aliphatic carbocycles. The Morgan fingerprint density at radius 3 is 2.61 bits per heavy atom. The fraction of sp³-hybridized carbons (Fsp3) is 0.250.